The third-order valence-corrected chi connectivity index (χ3v) is 6.94. The number of pyridine rings is 1. The molecule has 1 aromatic heterocycles. The molecule has 172 valence electrons. The molecule has 7 heteroatoms. The van der Waals surface area contributed by atoms with Crippen molar-refractivity contribution in [2.24, 2.45) is 11.8 Å². The van der Waals surface area contributed by atoms with E-state index < -0.39 is 29.3 Å². The summed E-state index contributed by atoms with van der Waals surface area (Å²) in [5, 5.41) is 9.37. The first-order valence-electron chi connectivity index (χ1n) is 11.2. The molecule has 0 bridgehead atoms. The van der Waals surface area contributed by atoms with Gasteiger partial charge < -0.3 is 9.84 Å². The van der Waals surface area contributed by atoms with Crippen LogP contribution in [-0.4, -0.2) is 28.3 Å². The van der Waals surface area contributed by atoms with Crippen LogP contribution in [0.3, 0.4) is 0 Å². The normalized spacial score (nSPS) is 23.9. The average Bonchev–Trinajstić information content (AvgIpc) is 3.59. The molecule has 0 spiro atoms. The van der Waals surface area contributed by atoms with Gasteiger partial charge in [-0.2, -0.15) is 4.39 Å². The molecule has 2 saturated carbocycles. The van der Waals surface area contributed by atoms with E-state index in [0.29, 0.717) is 23.5 Å². The third-order valence-electron chi connectivity index (χ3n) is 6.94. The number of alkyl halides is 1. The largest absolute Gasteiger partial charge is 0.493 e. The summed E-state index contributed by atoms with van der Waals surface area (Å²) >= 11 is 0. The molecule has 4 nitrogen and oxygen atoms in total. The molecule has 4 rings (SSSR count). The summed E-state index contributed by atoms with van der Waals surface area (Å²) < 4.78 is 48.4. The number of hydrogen-bond donors (Lipinski definition) is 1. The molecular formula is C25H28F3NO3. The fraction of sp³-hybridized carbons (Fsp3) is 0.520. The molecule has 0 aliphatic heterocycles. The smallest absolute Gasteiger partial charge is 0.341 e. The van der Waals surface area contributed by atoms with Crippen LogP contribution in [0.4, 0.5) is 13.2 Å². The minimum absolute atomic E-state index is 0.0235. The predicted molar refractivity (Wildman–Crippen MR) is 113 cm³/mol. The minimum atomic E-state index is -2.33. The highest BCUT2D eigenvalue weighted by Gasteiger charge is 2.50. The summed E-state index contributed by atoms with van der Waals surface area (Å²) in [5.74, 6) is -2.38. The molecule has 2 fully saturated rings. The van der Waals surface area contributed by atoms with E-state index in [1.54, 1.807) is 24.3 Å². The van der Waals surface area contributed by atoms with Crippen LogP contribution in [0.15, 0.2) is 36.5 Å². The Morgan fingerprint density at radius 1 is 1.19 bits per heavy atom. The molecule has 2 atom stereocenters. The molecule has 32 heavy (non-hydrogen) atoms. The van der Waals surface area contributed by atoms with E-state index in [0.717, 1.165) is 51.6 Å². The Labute approximate surface area is 185 Å². The SMILES string of the molecule is CC(F)(C(=O)O)[C@H](c1cccc(OCC2CCC(c3cc(F)ncc3F)CC2)c1)C1CC1. The zero-order valence-corrected chi connectivity index (χ0v) is 18.1. The first-order valence-corrected chi connectivity index (χ1v) is 11.2. The Hall–Kier alpha value is -2.57. The van der Waals surface area contributed by atoms with E-state index in [2.05, 4.69) is 4.98 Å². The first kappa shape index (κ1) is 22.6. The standard InChI is InChI=1S/C25H28F3NO3/c1-25(28,24(30)31)23(17-9-10-17)18-3-2-4-19(11-18)32-14-15-5-7-16(8-6-15)20-12-22(27)29-13-21(20)26/h2-4,11-13,15-17,23H,5-10,14H2,1H3,(H,30,31)/t15?,16?,23-,25?/m0/s1. The van der Waals surface area contributed by atoms with Crippen molar-refractivity contribution < 1.29 is 27.8 Å². The summed E-state index contributed by atoms with van der Waals surface area (Å²) in [7, 11) is 0. The summed E-state index contributed by atoms with van der Waals surface area (Å²) in [5.41, 5.74) is -1.29. The zero-order chi connectivity index (χ0) is 22.9. The van der Waals surface area contributed by atoms with Crippen LogP contribution >= 0.6 is 0 Å². The maximum absolute atomic E-state index is 15.0. The van der Waals surface area contributed by atoms with Gasteiger partial charge in [0.15, 0.2) is 0 Å². The molecular weight excluding hydrogens is 419 g/mol. The minimum Gasteiger partial charge on any atom is -0.493 e. The molecule has 1 aromatic carbocycles. The van der Waals surface area contributed by atoms with E-state index in [-0.39, 0.29) is 17.8 Å². The van der Waals surface area contributed by atoms with Gasteiger partial charge in [-0.3, -0.25) is 0 Å². The highest BCUT2D eigenvalue weighted by atomic mass is 19.1. The maximum atomic E-state index is 15.0. The summed E-state index contributed by atoms with van der Waals surface area (Å²) in [6, 6.07) is 8.28. The van der Waals surface area contributed by atoms with E-state index in [9.17, 15) is 23.1 Å². The fourth-order valence-corrected chi connectivity index (χ4v) is 4.98. The number of carboxylic acid groups (broad SMARTS) is 1. The number of ether oxygens (including phenoxy) is 1. The number of aromatic nitrogens is 1. The third kappa shape index (κ3) is 4.92. The molecule has 0 saturated heterocycles. The monoisotopic (exact) mass is 447 g/mol. The van der Waals surface area contributed by atoms with Gasteiger partial charge in [-0.1, -0.05) is 12.1 Å². The predicted octanol–water partition coefficient (Wildman–Crippen LogP) is 6.02. The lowest BCUT2D eigenvalue weighted by atomic mass is 9.79. The first-order chi connectivity index (χ1) is 15.3. The highest BCUT2D eigenvalue weighted by Crippen LogP contribution is 2.50. The number of nitrogens with zero attached hydrogens (tertiary/aromatic N) is 1. The van der Waals surface area contributed by atoms with Gasteiger partial charge >= 0.3 is 5.97 Å². The number of halogens is 3. The Morgan fingerprint density at radius 2 is 1.91 bits per heavy atom. The molecule has 1 heterocycles. The summed E-state index contributed by atoms with van der Waals surface area (Å²) in [4.78, 5) is 14.9. The lowest BCUT2D eigenvalue weighted by Gasteiger charge is -2.29. The second-order valence-corrected chi connectivity index (χ2v) is 9.33. The van der Waals surface area contributed by atoms with Crippen molar-refractivity contribution in [1.29, 1.82) is 0 Å². The number of benzene rings is 1. The van der Waals surface area contributed by atoms with Crippen LogP contribution in [0.5, 0.6) is 5.75 Å². The Kier molecular flexibility index (Phi) is 6.45. The number of aliphatic carboxylic acids is 1. The Balaban J connectivity index is 1.36. The van der Waals surface area contributed by atoms with Gasteiger partial charge in [0.25, 0.3) is 0 Å². The number of carboxylic acids is 1. The van der Waals surface area contributed by atoms with E-state index in [4.69, 9.17) is 4.74 Å². The van der Waals surface area contributed by atoms with Gasteiger partial charge in [-0.25, -0.2) is 18.6 Å². The van der Waals surface area contributed by atoms with Crippen LogP contribution in [0.1, 0.15) is 68.4 Å². The second kappa shape index (κ2) is 9.12. The van der Waals surface area contributed by atoms with Gasteiger partial charge in [0.1, 0.15) is 11.6 Å². The van der Waals surface area contributed by atoms with Gasteiger partial charge in [0.05, 0.1) is 12.8 Å². The number of carbonyl (C=O) groups is 1. The highest BCUT2D eigenvalue weighted by molar-refractivity contribution is 5.78. The van der Waals surface area contributed by atoms with E-state index in [1.165, 1.54) is 6.07 Å². The van der Waals surface area contributed by atoms with Gasteiger partial charge in [-0.05, 0) is 92.5 Å². The van der Waals surface area contributed by atoms with Crippen LogP contribution in [-0.2, 0) is 4.79 Å². The van der Waals surface area contributed by atoms with Crippen molar-refractivity contribution in [2.45, 2.75) is 63.0 Å². The maximum Gasteiger partial charge on any atom is 0.341 e. The molecule has 0 amide bonds. The van der Waals surface area contributed by atoms with Gasteiger partial charge in [0.2, 0.25) is 11.6 Å². The topological polar surface area (TPSA) is 59.4 Å². The molecule has 1 N–H and O–H groups in total. The summed E-state index contributed by atoms with van der Waals surface area (Å²) in [6.07, 6.45) is 5.75. The van der Waals surface area contributed by atoms with E-state index >= 15 is 0 Å². The lowest BCUT2D eigenvalue weighted by molar-refractivity contribution is -0.151. The van der Waals surface area contributed by atoms with Crippen LogP contribution < -0.4 is 4.74 Å². The molecule has 2 aliphatic carbocycles. The van der Waals surface area contributed by atoms with Crippen molar-refractivity contribution >= 4 is 5.97 Å². The van der Waals surface area contributed by atoms with Gasteiger partial charge in [0, 0.05) is 5.92 Å². The van der Waals surface area contributed by atoms with Crippen LogP contribution in [0, 0.1) is 23.6 Å². The number of rotatable bonds is 8. The second-order valence-electron chi connectivity index (χ2n) is 9.33. The number of hydrogen-bond acceptors (Lipinski definition) is 3. The van der Waals surface area contributed by atoms with Crippen molar-refractivity contribution in [3.8, 4) is 5.75 Å². The van der Waals surface area contributed by atoms with Crippen LogP contribution in [0.2, 0.25) is 0 Å². The quantitative estimate of drug-likeness (QED) is 0.503. The average molecular weight is 447 g/mol. The van der Waals surface area contributed by atoms with E-state index in [1.807, 2.05) is 0 Å². The van der Waals surface area contributed by atoms with Crippen molar-refractivity contribution in [1.82, 2.24) is 4.98 Å². The zero-order valence-electron chi connectivity index (χ0n) is 18.1. The Morgan fingerprint density at radius 3 is 2.56 bits per heavy atom. The molecule has 2 aliphatic rings. The molecule has 1 unspecified atom stereocenters. The van der Waals surface area contributed by atoms with Crippen molar-refractivity contribution in [2.75, 3.05) is 6.61 Å². The molecule has 2 aromatic rings. The van der Waals surface area contributed by atoms with Crippen molar-refractivity contribution in [3.63, 3.8) is 0 Å². The lowest BCUT2D eigenvalue weighted by Crippen LogP contribution is -2.38. The van der Waals surface area contributed by atoms with Gasteiger partial charge in [-0.15, -0.1) is 0 Å². The fourth-order valence-electron chi connectivity index (χ4n) is 4.98. The van der Waals surface area contributed by atoms with Crippen LogP contribution in [0.25, 0.3) is 0 Å². The van der Waals surface area contributed by atoms with Crippen molar-refractivity contribution in [3.05, 3.63) is 59.4 Å². The molecule has 0 radical (unpaired) electrons. The Bertz CT molecular complexity index is 969. The summed E-state index contributed by atoms with van der Waals surface area (Å²) in [6.45, 7) is 1.62.